The number of hydrogen-bond acceptors (Lipinski definition) is 3. The van der Waals surface area contributed by atoms with Crippen molar-refractivity contribution in [2.75, 3.05) is 6.54 Å². The first-order valence-corrected chi connectivity index (χ1v) is 5.84. The van der Waals surface area contributed by atoms with Crippen LogP contribution in [-0.4, -0.2) is 28.3 Å². The van der Waals surface area contributed by atoms with E-state index in [2.05, 4.69) is 5.32 Å². The van der Waals surface area contributed by atoms with Crippen molar-refractivity contribution in [2.45, 2.75) is 31.3 Å². The van der Waals surface area contributed by atoms with Gasteiger partial charge in [-0.2, -0.15) is 0 Å². The molecule has 0 atom stereocenters. The largest absolute Gasteiger partial charge is 0.508 e. The number of phenols is 1. The maximum absolute atomic E-state index is 11.6. The molecule has 1 aliphatic rings. The molecule has 3 N–H and O–H groups in total. The summed E-state index contributed by atoms with van der Waals surface area (Å²) in [6, 6.07) is 6.63. The Bertz CT molecular complexity index is 413. The summed E-state index contributed by atoms with van der Waals surface area (Å²) in [5.74, 6) is 0.0313. The maximum Gasteiger partial charge on any atom is 0.224 e. The molecular formula is C13H17NO3. The van der Waals surface area contributed by atoms with Crippen LogP contribution in [0.5, 0.6) is 5.75 Å². The predicted octanol–water partition coefficient (Wildman–Crippen LogP) is 0.966. The third kappa shape index (κ3) is 3.20. The lowest BCUT2D eigenvalue weighted by Crippen LogP contribution is -2.48. The van der Waals surface area contributed by atoms with Gasteiger partial charge in [0, 0.05) is 6.54 Å². The molecule has 4 heteroatoms. The van der Waals surface area contributed by atoms with E-state index in [-0.39, 0.29) is 18.1 Å². The summed E-state index contributed by atoms with van der Waals surface area (Å²) in [4.78, 5) is 11.6. The van der Waals surface area contributed by atoms with Crippen LogP contribution in [0.15, 0.2) is 24.3 Å². The van der Waals surface area contributed by atoms with Crippen molar-refractivity contribution in [3.05, 3.63) is 29.8 Å². The molecule has 1 aromatic carbocycles. The van der Waals surface area contributed by atoms with Crippen molar-refractivity contribution >= 4 is 5.91 Å². The highest BCUT2D eigenvalue weighted by Gasteiger charge is 2.34. The van der Waals surface area contributed by atoms with Crippen LogP contribution in [0.4, 0.5) is 0 Å². The van der Waals surface area contributed by atoms with Crippen molar-refractivity contribution in [2.24, 2.45) is 0 Å². The monoisotopic (exact) mass is 235 g/mol. The maximum atomic E-state index is 11.6. The fourth-order valence-electron chi connectivity index (χ4n) is 1.94. The van der Waals surface area contributed by atoms with Crippen molar-refractivity contribution in [1.82, 2.24) is 5.32 Å². The highest BCUT2D eigenvalue weighted by atomic mass is 16.3. The number of carbonyl (C=O) groups is 1. The number of hydrogen-bond donors (Lipinski definition) is 3. The number of amides is 1. The second-order valence-electron chi connectivity index (χ2n) is 4.70. The van der Waals surface area contributed by atoms with E-state index in [1.807, 2.05) is 0 Å². The van der Waals surface area contributed by atoms with Crippen molar-refractivity contribution < 1.29 is 15.0 Å². The Morgan fingerprint density at radius 3 is 2.76 bits per heavy atom. The van der Waals surface area contributed by atoms with Gasteiger partial charge >= 0.3 is 0 Å². The number of carbonyl (C=O) groups excluding carboxylic acids is 1. The Labute approximate surface area is 100 Å². The standard InChI is InChI=1S/C13H17NO3/c15-11-4-1-3-10(7-11)8-12(16)14-9-13(17)5-2-6-13/h1,3-4,7,15,17H,2,5-6,8-9H2,(H,14,16). The fourth-order valence-corrected chi connectivity index (χ4v) is 1.94. The van der Waals surface area contributed by atoms with Crippen LogP contribution in [0.1, 0.15) is 24.8 Å². The van der Waals surface area contributed by atoms with Crippen LogP contribution in [0.25, 0.3) is 0 Å². The summed E-state index contributed by atoms with van der Waals surface area (Å²) in [5, 5.41) is 21.8. The molecule has 0 spiro atoms. The van der Waals surface area contributed by atoms with Crippen LogP contribution in [-0.2, 0) is 11.2 Å². The molecule has 0 aliphatic heterocycles. The fraction of sp³-hybridized carbons (Fsp3) is 0.462. The molecule has 0 bridgehead atoms. The van der Waals surface area contributed by atoms with Gasteiger partial charge < -0.3 is 15.5 Å². The van der Waals surface area contributed by atoms with Crippen LogP contribution in [0.3, 0.4) is 0 Å². The lowest BCUT2D eigenvalue weighted by molar-refractivity contribution is -0.122. The number of aromatic hydroxyl groups is 1. The van der Waals surface area contributed by atoms with Gasteiger partial charge in [-0.15, -0.1) is 0 Å². The molecule has 0 radical (unpaired) electrons. The highest BCUT2D eigenvalue weighted by molar-refractivity contribution is 5.78. The van der Waals surface area contributed by atoms with E-state index >= 15 is 0 Å². The minimum absolute atomic E-state index is 0.129. The van der Waals surface area contributed by atoms with E-state index in [1.165, 1.54) is 0 Å². The molecular weight excluding hydrogens is 218 g/mol. The molecule has 92 valence electrons. The van der Waals surface area contributed by atoms with Gasteiger partial charge in [0.1, 0.15) is 5.75 Å². The van der Waals surface area contributed by atoms with Crippen LogP contribution in [0, 0.1) is 0 Å². The normalized spacial score (nSPS) is 17.2. The molecule has 1 saturated carbocycles. The van der Waals surface area contributed by atoms with Crippen molar-refractivity contribution in [3.63, 3.8) is 0 Å². The zero-order valence-corrected chi connectivity index (χ0v) is 9.65. The zero-order valence-electron chi connectivity index (χ0n) is 9.65. The SMILES string of the molecule is O=C(Cc1cccc(O)c1)NCC1(O)CCC1. The van der Waals surface area contributed by atoms with Crippen LogP contribution >= 0.6 is 0 Å². The van der Waals surface area contributed by atoms with Gasteiger partial charge in [0.15, 0.2) is 0 Å². The Morgan fingerprint density at radius 1 is 1.41 bits per heavy atom. The molecule has 0 saturated heterocycles. The number of rotatable bonds is 4. The van der Waals surface area contributed by atoms with Gasteiger partial charge in [0.2, 0.25) is 5.91 Å². The first-order valence-electron chi connectivity index (χ1n) is 5.84. The summed E-state index contributed by atoms with van der Waals surface area (Å²) in [5.41, 5.74) is 0.0807. The number of benzene rings is 1. The third-order valence-electron chi connectivity index (χ3n) is 3.17. The Balaban J connectivity index is 1.81. The van der Waals surface area contributed by atoms with Gasteiger partial charge in [-0.1, -0.05) is 12.1 Å². The number of phenolic OH excluding ortho intramolecular Hbond substituents is 1. The van der Waals surface area contributed by atoms with Gasteiger partial charge in [0.05, 0.1) is 12.0 Å². The molecule has 4 nitrogen and oxygen atoms in total. The second-order valence-corrected chi connectivity index (χ2v) is 4.70. The molecule has 1 aliphatic carbocycles. The molecule has 1 aromatic rings. The minimum atomic E-state index is -0.686. The van der Waals surface area contributed by atoms with E-state index in [1.54, 1.807) is 24.3 Å². The quantitative estimate of drug-likeness (QED) is 0.728. The summed E-state index contributed by atoms with van der Waals surface area (Å²) in [7, 11) is 0. The van der Waals surface area contributed by atoms with Crippen molar-refractivity contribution in [3.8, 4) is 5.75 Å². The van der Waals surface area contributed by atoms with Crippen LogP contribution < -0.4 is 5.32 Å². The van der Waals surface area contributed by atoms with Gasteiger partial charge in [0.25, 0.3) is 0 Å². The van der Waals surface area contributed by atoms with Crippen molar-refractivity contribution in [1.29, 1.82) is 0 Å². The lowest BCUT2D eigenvalue weighted by Gasteiger charge is -2.36. The van der Waals surface area contributed by atoms with E-state index in [4.69, 9.17) is 0 Å². The Morgan fingerprint density at radius 2 is 2.18 bits per heavy atom. The Kier molecular flexibility index (Phi) is 3.33. The zero-order chi connectivity index (χ0) is 12.3. The smallest absolute Gasteiger partial charge is 0.224 e. The van der Waals surface area contributed by atoms with E-state index in [0.717, 1.165) is 24.8 Å². The van der Waals surface area contributed by atoms with Gasteiger partial charge in [-0.05, 0) is 37.0 Å². The van der Waals surface area contributed by atoms with E-state index in [9.17, 15) is 15.0 Å². The molecule has 1 amide bonds. The van der Waals surface area contributed by atoms with Gasteiger partial charge in [-0.25, -0.2) is 0 Å². The second kappa shape index (κ2) is 4.75. The summed E-state index contributed by atoms with van der Waals surface area (Å²) in [6.45, 7) is 0.324. The number of nitrogens with one attached hydrogen (secondary N) is 1. The number of aliphatic hydroxyl groups is 1. The van der Waals surface area contributed by atoms with Crippen LogP contribution in [0.2, 0.25) is 0 Å². The first kappa shape index (κ1) is 11.9. The average molecular weight is 235 g/mol. The topological polar surface area (TPSA) is 69.6 Å². The molecule has 2 rings (SSSR count). The minimum Gasteiger partial charge on any atom is -0.508 e. The Hall–Kier alpha value is -1.55. The summed E-state index contributed by atoms with van der Waals surface area (Å²) < 4.78 is 0. The molecule has 1 fully saturated rings. The average Bonchev–Trinajstić information content (AvgIpc) is 2.24. The third-order valence-corrected chi connectivity index (χ3v) is 3.17. The molecule has 0 unspecified atom stereocenters. The van der Waals surface area contributed by atoms with Gasteiger partial charge in [-0.3, -0.25) is 4.79 Å². The first-order chi connectivity index (χ1) is 8.07. The van der Waals surface area contributed by atoms with E-state index < -0.39 is 5.60 Å². The highest BCUT2D eigenvalue weighted by Crippen LogP contribution is 2.30. The lowest BCUT2D eigenvalue weighted by atomic mass is 9.80. The summed E-state index contributed by atoms with van der Waals surface area (Å²) >= 11 is 0. The molecule has 0 aromatic heterocycles. The molecule has 17 heavy (non-hydrogen) atoms. The van der Waals surface area contributed by atoms with E-state index in [0.29, 0.717) is 6.54 Å². The predicted molar refractivity (Wildman–Crippen MR) is 63.6 cm³/mol. The molecule has 0 heterocycles. The summed E-state index contributed by atoms with van der Waals surface area (Å²) in [6.07, 6.45) is 2.78.